The van der Waals surface area contributed by atoms with Gasteiger partial charge in [0, 0.05) is 12.3 Å². The lowest BCUT2D eigenvalue weighted by Gasteiger charge is -2.19. The Morgan fingerprint density at radius 3 is 2.90 bits per heavy atom. The maximum absolute atomic E-state index is 11.5. The normalized spacial score (nSPS) is 11.6. The van der Waals surface area contributed by atoms with E-state index in [2.05, 4.69) is 15.6 Å². The Labute approximate surface area is 128 Å². The fourth-order valence-electron chi connectivity index (χ4n) is 1.70. The van der Waals surface area contributed by atoms with Gasteiger partial charge in [0.2, 0.25) is 0 Å². The van der Waals surface area contributed by atoms with Crippen LogP contribution < -0.4 is 5.32 Å². The van der Waals surface area contributed by atoms with Crippen molar-refractivity contribution in [2.24, 2.45) is 0 Å². The van der Waals surface area contributed by atoms with Gasteiger partial charge in [0.1, 0.15) is 11.1 Å². The van der Waals surface area contributed by atoms with Crippen LogP contribution in [-0.4, -0.2) is 39.0 Å². The summed E-state index contributed by atoms with van der Waals surface area (Å²) in [5, 5.41) is 10.9. The first-order valence-electron chi connectivity index (χ1n) is 6.78. The zero-order valence-electron chi connectivity index (χ0n) is 12.5. The van der Waals surface area contributed by atoms with Gasteiger partial charge in [-0.1, -0.05) is 17.3 Å². The van der Waals surface area contributed by atoms with E-state index in [9.17, 15) is 4.79 Å². The Balaban J connectivity index is 1.70. The van der Waals surface area contributed by atoms with Crippen molar-refractivity contribution >= 4 is 28.9 Å². The number of fused-ring (bicyclic) bond motifs is 1. The number of carbonyl (C=O) groups excluding carboxylic acids is 1. The highest BCUT2D eigenvalue weighted by Crippen LogP contribution is 2.13. The number of rotatable bonds is 5. The third kappa shape index (κ3) is 4.93. The molecule has 2 aromatic rings. The van der Waals surface area contributed by atoms with Gasteiger partial charge in [-0.3, -0.25) is 0 Å². The number of aromatic nitrogens is 3. The summed E-state index contributed by atoms with van der Waals surface area (Å²) < 4.78 is 7.02. The highest BCUT2D eigenvalue weighted by atomic mass is 32.2. The van der Waals surface area contributed by atoms with Gasteiger partial charge in [-0.25, -0.2) is 9.48 Å². The molecule has 1 N–H and O–H groups in total. The van der Waals surface area contributed by atoms with Crippen molar-refractivity contribution in [1.29, 1.82) is 0 Å². The number of amides is 1. The molecule has 1 aromatic carbocycles. The number of hydrogen-bond acceptors (Lipinski definition) is 5. The second kappa shape index (κ2) is 6.80. The summed E-state index contributed by atoms with van der Waals surface area (Å²) in [6.45, 7) is 6.09. The van der Waals surface area contributed by atoms with Crippen molar-refractivity contribution in [3.63, 3.8) is 0 Å². The van der Waals surface area contributed by atoms with Crippen LogP contribution in [-0.2, 0) is 10.6 Å². The van der Waals surface area contributed by atoms with Gasteiger partial charge in [0.25, 0.3) is 0 Å². The molecule has 0 spiro atoms. The second-order valence-electron chi connectivity index (χ2n) is 5.54. The van der Waals surface area contributed by atoms with E-state index < -0.39 is 5.60 Å². The number of ether oxygens (including phenoxy) is 1. The summed E-state index contributed by atoms with van der Waals surface area (Å²) in [5.74, 6) is 1.49. The van der Waals surface area contributed by atoms with Crippen molar-refractivity contribution in [2.75, 3.05) is 12.3 Å². The number of alkyl carbamates (subject to hydrolysis) is 1. The van der Waals surface area contributed by atoms with E-state index in [1.165, 1.54) is 0 Å². The molecule has 0 aliphatic carbocycles. The molecule has 0 aliphatic rings. The van der Waals surface area contributed by atoms with Gasteiger partial charge in [-0.05, 0) is 32.9 Å². The Hall–Kier alpha value is -1.76. The molecule has 0 unspecified atom stereocenters. The van der Waals surface area contributed by atoms with E-state index in [-0.39, 0.29) is 6.09 Å². The van der Waals surface area contributed by atoms with Crippen LogP contribution in [0.4, 0.5) is 4.79 Å². The molecular formula is C14H20N4O2S. The molecule has 1 aromatic heterocycles. The van der Waals surface area contributed by atoms with Crippen LogP contribution in [0, 0.1) is 0 Å². The monoisotopic (exact) mass is 308 g/mol. The topological polar surface area (TPSA) is 69.0 Å². The van der Waals surface area contributed by atoms with Crippen LogP contribution >= 0.6 is 11.8 Å². The number of benzene rings is 1. The number of nitrogens with one attached hydrogen (secondary N) is 1. The predicted molar refractivity (Wildman–Crippen MR) is 84.2 cm³/mol. The first-order chi connectivity index (χ1) is 9.96. The summed E-state index contributed by atoms with van der Waals surface area (Å²) in [6, 6.07) is 7.85. The number of carbonyl (C=O) groups is 1. The summed E-state index contributed by atoms with van der Waals surface area (Å²) in [5.41, 5.74) is 1.45. The molecule has 0 aliphatic heterocycles. The summed E-state index contributed by atoms with van der Waals surface area (Å²) in [4.78, 5) is 11.5. The van der Waals surface area contributed by atoms with Gasteiger partial charge in [-0.2, -0.15) is 0 Å². The predicted octanol–water partition coefficient (Wildman–Crippen LogP) is 2.65. The quantitative estimate of drug-likeness (QED) is 0.860. The minimum Gasteiger partial charge on any atom is -0.444 e. The third-order valence-corrected chi connectivity index (χ3v) is 3.47. The second-order valence-corrected chi connectivity index (χ2v) is 6.62. The Kier molecular flexibility index (Phi) is 5.06. The molecule has 6 nitrogen and oxygen atoms in total. The Morgan fingerprint density at radius 1 is 1.38 bits per heavy atom. The van der Waals surface area contributed by atoms with Crippen LogP contribution in [0.2, 0.25) is 0 Å². The Morgan fingerprint density at radius 2 is 2.14 bits per heavy atom. The van der Waals surface area contributed by atoms with Crippen LogP contribution in [0.5, 0.6) is 0 Å². The van der Waals surface area contributed by atoms with E-state index in [0.29, 0.717) is 12.4 Å². The fraction of sp³-hybridized carbons (Fsp3) is 0.500. The zero-order chi connectivity index (χ0) is 15.3. The summed E-state index contributed by atoms with van der Waals surface area (Å²) >= 11 is 1.68. The molecule has 0 saturated carbocycles. The van der Waals surface area contributed by atoms with E-state index in [1.54, 1.807) is 11.8 Å². The lowest BCUT2D eigenvalue weighted by molar-refractivity contribution is 0.0531. The number of hydrogen-bond donors (Lipinski definition) is 1. The molecule has 0 bridgehead atoms. The van der Waals surface area contributed by atoms with Crippen LogP contribution in [0.1, 0.15) is 20.8 Å². The largest absolute Gasteiger partial charge is 0.444 e. The van der Waals surface area contributed by atoms with Crippen molar-refractivity contribution in [2.45, 2.75) is 32.2 Å². The van der Waals surface area contributed by atoms with E-state index in [1.807, 2.05) is 49.7 Å². The summed E-state index contributed by atoms with van der Waals surface area (Å²) in [6.07, 6.45) is -0.380. The fourth-order valence-corrected chi connectivity index (χ4v) is 2.44. The molecule has 0 saturated heterocycles. The molecule has 7 heteroatoms. The van der Waals surface area contributed by atoms with Crippen LogP contribution in [0.3, 0.4) is 0 Å². The maximum Gasteiger partial charge on any atom is 0.407 e. The van der Waals surface area contributed by atoms with Crippen molar-refractivity contribution in [1.82, 2.24) is 20.3 Å². The molecule has 0 radical (unpaired) electrons. The van der Waals surface area contributed by atoms with E-state index in [0.717, 1.165) is 16.8 Å². The average molecular weight is 308 g/mol. The average Bonchev–Trinajstić information content (AvgIpc) is 2.80. The van der Waals surface area contributed by atoms with Gasteiger partial charge in [-0.15, -0.1) is 16.9 Å². The van der Waals surface area contributed by atoms with Gasteiger partial charge in [0.05, 0.1) is 11.4 Å². The highest BCUT2D eigenvalue weighted by Gasteiger charge is 2.15. The third-order valence-electron chi connectivity index (χ3n) is 2.55. The molecule has 0 atom stereocenters. The minimum atomic E-state index is -0.461. The van der Waals surface area contributed by atoms with E-state index in [4.69, 9.17) is 4.74 Å². The van der Waals surface area contributed by atoms with Gasteiger partial charge >= 0.3 is 6.09 Å². The molecular weight excluding hydrogens is 288 g/mol. The minimum absolute atomic E-state index is 0.380. The molecule has 0 fully saturated rings. The molecule has 1 amide bonds. The smallest absolute Gasteiger partial charge is 0.407 e. The van der Waals surface area contributed by atoms with Gasteiger partial charge in [0.15, 0.2) is 0 Å². The number of para-hydroxylation sites is 1. The Bertz CT molecular complexity index is 606. The van der Waals surface area contributed by atoms with Crippen molar-refractivity contribution < 1.29 is 9.53 Å². The molecule has 1 heterocycles. The lowest BCUT2D eigenvalue weighted by Crippen LogP contribution is -2.33. The van der Waals surface area contributed by atoms with Gasteiger partial charge < -0.3 is 10.1 Å². The van der Waals surface area contributed by atoms with Crippen LogP contribution in [0.25, 0.3) is 11.0 Å². The highest BCUT2D eigenvalue weighted by molar-refractivity contribution is 7.98. The molecule has 114 valence electrons. The number of nitrogens with zero attached hydrogens (tertiary/aromatic N) is 3. The van der Waals surface area contributed by atoms with Crippen molar-refractivity contribution in [3.05, 3.63) is 24.3 Å². The molecule has 2 rings (SSSR count). The molecule has 21 heavy (non-hydrogen) atoms. The SMILES string of the molecule is CC(C)(C)OC(=O)NCCSCn1nnc2ccccc21. The maximum atomic E-state index is 11.5. The van der Waals surface area contributed by atoms with Crippen molar-refractivity contribution in [3.8, 4) is 0 Å². The van der Waals surface area contributed by atoms with E-state index >= 15 is 0 Å². The summed E-state index contributed by atoms with van der Waals surface area (Å²) in [7, 11) is 0. The first-order valence-corrected chi connectivity index (χ1v) is 7.94. The van der Waals surface area contributed by atoms with Crippen LogP contribution in [0.15, 0.2) is 24.3 Å². The standard InChI is InChI=1S/C14H20N4O2S/c1-14(2,3)20-13(19)15-8-9-21-10-18-12-7-5-4-6-11(12)16-17-18/h4-7H,8-10H2,1-3H3,(H,15,19). The zero-order valence-corrected chi connectivity index (χ0v) is 13.3. The number of thioether (sulfide) groups is 1. The first kappa shape index (κ1) is 15.6. The lowest BCUT2D eigenvalue weighted by atomic mass is 10.2.